The molecule has 0 saturated heterocycles. The molecule has 2 aromatic rings. The van der Waals surface area contributed by atoms with Crippen LogP contribution in [-0.4, -0.2) is 11.8 Å². The summed E-state index contributed by atoms with van der Waals surface area (Å²) in [5.74, 6) is -0.380. The Balaban J connectivity index is 1.48. The lowest BCUT2D eigenvalue weighted by Crippen LogP contribution is -2.41. The Kier molecular flexibility index (Phi) is 5.46. The number of carbonyl (C=O) groups excluding carboxylic acids is 2. The van der Waals surface area contributed by atoms with Crippen LogP contribution in [0.4, 0.5) is 0 Å². The molecule has 0 saturated carbocycles. The number of carbonyl (C=O) groups is 2. The van der Waals surface area contributed by atoms with Crippen LogP contribution in [-0.2, 0) is 24.1 Å². The smallest absolute Gasteiger partial charge is 0.273 e. The maximum atomic E-state index is 12.2. The second-order valence-corrected chi connectivity index (χ2v) is 7.67. The zero-order valence-corrected chi connectivity index (χ0v) is 14.5. The number of hydrazine groups is 1. The summed E-state index contributed by atoms with van der Waals surface area (Å²) in [7, 11) is 0. The van der Waals surface area contributed by atoms with Gasteiger partial charge in [0.15, 0.2) is 0 Å². The molecule has 0 aromatic carbocycles. The van der Waals surface area contributed by atoms with Gasteiger partial charge in [-0.2, -0.15) is 11.3 Å². The highest BCUT2D eigenvalue weighted by atomic mass is 32.1. The maximum Gasteiger partial charge on any atom is 0.279 e. The van der Waals surface area contributed by atoms with Crippen molar-refractivity contribution in [3.05, 3.63) is 43.8 Å². The van der Waals surface area contributed by atoms with Crippen molar-refractivity contribution in [2.45, 2.75) is 44.9 Å². The minimum absolute atomic E-state index is 0.164. The summed E-state index contributed by atoms with van der Waals surface area (Å²) in [5, 5.41) is 4.03. The van der Waals surface area contributed by atoms with Gasteiger partial charge in [-0.25, -0.2) is 0 Å². The minimum atomic E-state index is -0.216. The van der Waals surface area contributed by atoms with Crippen LogP contribution in [0, 0.1) is 0 Å². The van der Waals surface area contributed by atoms with Gasteiger partial charge in [-0.1, -0.05) is 6.42 Å². The third kappa shape index (κ3) is 4.42. The van der Waals surface area contributed by atoms with Crippen molar-refractivity contribution in [1.29, 1.82) is 0 Å². The predicted octanol–water partition coefficient (Wildman–Crippen LogP) is 3.47. The van der Waals surface area contributed by atoms with E-state index in [9.17, 15) is 9.59 Å². The summed E-state index contributed by atoms with van der Waals surface area (Å²) < 4.78 is 0. The van der Waals surface area contributed by atoms with Gasteiger partial charge in [-0.15, -0.1) is 11.3 Å². The lowest BCUT2D eigenvalue weighted by Gasteiger charge is -2.05. The molecule has 1 aliphatic rings. The van der Waals surface area contributed by atoms with Gasteiger partial charge in [0.1, 0.15) is 0 Å². The van der Waals surface area contributed by atoms with Crippen molar-refractivity contribution in [2.24, 2.45) is 0 Å². The average molecular weight is 348 g/mol. The van der Waals surface area contributed by atoms with Crippen molar-refractivity contribution >= 4 is 34.5 Å². The highest BCUT2D eigenvalue weighted by Crippen LogP contribution is 2.28. The molecule has 2 amide bonds. The zero-order chi connectivity index (χ0) is 16.1. The van der Waals surface area contributed by atoms with Gasteiger partial charge < -0.3 is 0 Å². The van der Waals surface area contributed by atoms with E-state index in [1.165, 1.54) is 29.7 Å². The van der Waals surface area contributed by atoms with Gasteiger partial charge in [-0.3, -0.25) is 20.4 Å². The molecule has 0 aliphatic heterocycles. The molecule has 2 N–H and O–H groups in total. The fraction of sp³-hybridized carbons (Fsp3) is 0.412. The Hall–Kier alpha value is -1.66. The van der Waals surface area contributed by atoms with Crippen LogP contribution >= 0.6 is 22.7 Å². The first-order chi connectivity index (χ1) is 11.2. The topological polar surface area (TPSA) is 58.2 Å². The van der Waals surface area contributed by atoms with E-state index in [-0.39, 0.29) is 11.8 Å². The molecule has 2 aromatic heterocycles. The second-order valence-electron chi connectivity index (χ2n) is 5.75. The van der Waals surface area contributed by atoms with Gasteiger partial charge in [0, 0.05) is 11.3 Å². The Labute approximate surface area is 143 Å². The van der Waals surface area contributed by atoms with E-state index in [2.05, 4.69) is 10.9 Å². The van der Waals surface area contributed by atoms with Crippen LogP contribution in [0.2, 0.25) is 0 Å². The molecule has 0 fully saturated rings. The van der Waals surface area contributed by atoms with Crippen molar-refractivity contribution in [2.75, 3.05) is 0 Å². The molecule has 3 rings (SSSR count). The molecule has 0 unspecified atom stereocenters. The van der Waals surface area contributed by atoms with Gasteiger partial charge in [0.2, 0.25) is 5.91 Å². The van der Waals surface area contributed by atoms with E-state index in [1.807, 2.05) is 22.9 Å². The molecule has 0 spiro atoms. The van der Waals surface area contributed by atoms with E-state index < -0.39 is 0 Å². The fourth-order valence-electron chi connectivity index (χ4n) is 2.72. The number of rotatable bonds is 4. The van der Waals surface area contributed by atoms with Gasteiger partial charge in [0.25, 0.3) is 5.91 Å². The SMILES string of the molecule is O=C(CCc1ccsc1)NNC(=O)c1cc2c(s1)CCCCC2. The molecular weight excluding hydrogens is 328 g/mol. The summed E-state index contributed by atoms with van der Waals surface area (Å²) in [6, 6.07) is 3.99. The number of thiophene rings is 2. The number of hydrogen-bond donors (Lipinski definition) is 2. The van der Waals surface area contributed by atoms with Crippen molar-refractivity contribution in [3.63, 3.8) is 0 Å². The number of fused-ring (bicyclic) bond motifs is 1. The van der Waals surface area contributed by atoms with Gasteiger partial charge in [-0.05, 0) is 66.1 Å². The minimum Gasteiger partial charge on any atom is -0.273 e. The Morgan fingerprint density at radius 2 is 2.00 bits per heavy atom. The molecule has 0 bridgehead atoms. The maximum absolute atomic E-state index is 12.2. The largest absolute Gasteiger partial charge is 0.279 e. The van der Waals surface area contributed by atoms with Crippen LogP contribution in [0.25, 0.3) is 0 Å². The predicted molar refractivity (Wildman–Crippen MR) is 93.8 cm³/mol. The molecule has 6 heteroatoms. The highest BCUT2D eigenvalue weighted by molar-refractivity contribution is 7.14. The lowest BCUT2D eigenvalue weighted by molar-refractivity contribution is -0.121. The first-order valence-corrected chi connectivity index (χ1v) is 9.70. The van der Waals surface area contributed by atoms with E-state index in [0.29, 0.717) is 17.7 Å². The van der Waals surface area contributed by atoms with E-state index in [0.717, 1.165) is 18.4 Å². The van der Waals surface area contributed by atoms with Crippen LogP contribution in [0.5, 0.6) is 0 Å². The Morgan fingerprint density at radius 3 is 2.83 bits per heavy atom. The van der Waals surface area contributed by atoms with Crippen LogP contribution in [0.1, 0.15) is 51.4 Å². The van der Waals surface area contributed by atoms with Crippen molar-refractivity contribution < 1.29 is 9.59 Å². The molecule has 0 radical (unpaired) electrons. The summed E-state index contributed by atoms with van der Waals surface area (Å²) in [6.07, 6.45) is 6.87. The Bertz CT molecular complexity index is 653. The monoisotopic (exact) mass is 348 g/mol. The first-order valence-electron chi connectivity index (χ1n) is 7.94. The standard InChI is InChI=1S/C17H20N2O2S2/c20-16(7-6-12-8-9-22-11-12)18-19-17(21)15-10-13-4-2-1-3-5-14(13)23-15/h8-11H,1-7H2,(H,18,20)(H,19,21). The van der Waals surface area contributed by atoms with Gasteiger partial charge in [0.05, 0.1) is 4.88 Å². The molecule has 4 nitrogen and oxygen atoms in total. The first kappa shape index (κ1) is 16.2. The molecule has 2 heterocycles. The summed E-state index contributed by atoms with van der Waals surface area (Å²) in [5.41, 5.74) is 7.49. The molecule has 0 atom stereocenters. The summed E-state index contributed by atoms with van der Waals surface area (Å²) >= 11 is 3.18. The van der Waals surface area contributed by atoms with E-state index >= 15 is 0 Å². The fourth-order valence-corrected chi connectivity index (χ4v) is 4.57. The second kappa shape index (κ2) is 7.75. The number of amides is 2. The van der Waals surface area contributed by atoms with Crippen LogP contribution in [0.15, 0.2) is 22.9 Å². The third-order valence-electron chi connectivity index (χ3n) is 4.01. The average Bonchev–Trinajstić information content (AvgIpc) is 3.16. The molecule has 1 aliphatic carbocycles. The third-order valence-corrected chi connectivity index (χ3v) is 5.97. The molecule has 23 heavy (non-hydrogen) atoms. The van der Waals surface area contributed by atoms with Crippen molar-refractivity contribution in [1.82, 2.24) is 10.9 Å². The van der Waals surface area contributed by atoms with Gasteiger partial charge >= 0.3 is 0 Å². The van der Waals surface area contributed by atoms with E-state index in [1.54, 1.807) is 22.7 Å². The normalized spacial score (nSPS) is 13.9. The zero-order valence-electron chi connectivity index (χ0n) is 12.9. The van der Waals surface area contributed by atoms with Crippen molar-refractivity contribution in [3.8, 4) is 0 Å². The number of nitrogens with one attached hydrogen (secondary N) is 2. The van der Waals surface area contributed by atoms with Crippen LogP contribution < -0.4 is 10.9 Å². The highest BCUT2D eigenvalue weighted by Gasteiger charge is 2.16. The summed E-state index contributed by atoms with van der Waals surface area (Å²) in [6.45, 7) is 0. The quantitative estimate of drug-likeness (QED) is 0.656. The number of aryl methyl sites for hydroxylation is 3. The molecule has 122 valence electrons. The molecular formula is C17H20N2O2S2. The lowest BCUT2D eigenvalue weighted by atomic mass is 10.1. The summed E-state index contributed by atoms with van der Waals surface area (Å²) in [4.78, 5) is 26.0. The van der Waals surface area contributed by atoms with Crippen LogP contribution in [0.3, 0.4) is 0 Å². The Morgan fingerprint density at radius 1 is 1.13 bits per heavy atom. The number of hydrogen-bond acceptors (Lipinski definition) is 4. The van der Waals surface area contributed by atoms with E-state index in [4.69, 9.17) is 0 Å².